The van der Waals surface area contributed by atoms with Crippen LogP contribution >= 0.6 is 11.6 Å². The van der Waals surface area contributed by atoms with Crippen molar-refractivity contribution in [2.24, 2.45) is 0 Å². The third-order valence-corrected chi connectivity index (χ3v) is 2.98. The van der Waals surface area contributed by atoms with Crippen molar-refractivity contribution >= 4 is 11.6 Å². The molecule has 0 bridgehead atoms. The highest BCUT2D eigenvalue weighted by Crippen LogP contribution is 2.31. The molecule has 18 heavy (non-hydrogen) atoms. The number of benzene rings is 1. The normalized spacial score (nSPS) is 10.5. The van der Waals surface area contributed by atoms with Crippen LogP contribution in [0.4, 0.5) is 0 Å². The maximum absolute atomic E-state index is 5.81. The number of hydrogen-bond acceptors (Lipinski definition) is 2. The molecule has 88 valence electrons. The fourth-order valence-corrected chi connectivity index (χ4v) is 2.03. The second-order valence-electron chi connectivity index (χ2n) is 3.89. The average Bonchev–Trinajstić information content (AvgIpc) is 2.93. The summed E-state index contributed by atoms with van der Waals surface area (Å²) in [4.78, 5) is 4.11. The van der Waals surface area contributed by atoms with Gasteiger partial charge in [0.2, 0.25) is 0 Å². The predicted molar refractivity (Wildman–Crippen MR) is 72.4 cm³/mol. The standard InChI is InChI=1S/C15H10ClNO/c16-15-8-7-11(10-17-15)12-4-1-2-5-13(12)14-6-3-9-18-14/h1-10H. The first-order chi connectivity index (χ1) is 8.84. The Kier molecular flexibility index (Phi) is 2.87. The lowest BCUT2D eigenvalue weighted by molar-refractivity contribution is 0.582. The number of nitrogens with zero attached hydrogens (tertiary/aromatic N) is 1. The van der Waals surface area contributed by atoms with E-state index in [2.05, 4.69) is 4.98 Å². The van der Waals surface area contributed by atoms with Crippen molar-refractivity contribution in [2.75, 3.05) is 0 Å². The Labute approximate surface area is 110 Å². The second-order valence-corrected chi connectivity index (χ2v) is 4.28. The monoisotopic (exact) mass is 255 g/mol. The van der Waals surface area contributed by atoms with Crippen LogP contribution in [0.5, 0.6) is 0 Å². The van der Waals surface area contributed by atoms with Gasteiger partial charge in [-0.1, -0.05) is 35.9 Å². The molecule has 1 aromatic carbocycles. The quantitative estimate of drug-likeness (QED) is 0.623. The first-order valence-corrected chi connectivity index (χ1v) is 5.97. The van der Waals surface area contributed by atoms with E-state index in [0.717, 1.165) is 22.5 Å². The van der Waals surface area contributed by atoms with E-state index in [0.29, 0.717) is 5.15 Å². The Bertz CT molecular complexity index is 645. The number of hydrogen-bond donors (Lipinski definition) is 0. The fraction of sp³-hybridized carbons (Fsp3) is 0. The summed E-state index contributed by atoms with van der Waals surface area (Å²) in [5, 5.41) is 0.495. The summed E-state index contributed by atoms with van der Waals surface area (Å²) in [6.45, 7) is 0. The molecular weight excluding hydrogens is 246 g/mol. The van der Waals surface area contributed by atoms with E-state index in [1.54, 1.807) is 18.5 Å². The summed E-state index contributed by atoms with van der Waals surface area (Å²) in [5.74, 6) is 0.848. The lowest BCUT2D eigenvalue weighted by Crippen LogP contribution is -1.84. The molecule has 0 saturated carbocycles. The van der Waals surface area contributed by atoms with Crippen LogP contribution in [0.1, 0.15) is 0 Å². The van der Waals surface area contributed by atoms with Crippen LogP contribution in [0.3, 0.4) is 0 Å². The molecule has 0 amide bonds. The van der Waals surface area contributed by atoms with Gasteiger partial charge in [0.1, 0.15) is 10.9 Å². The van der Waals surface area contributed by atoms with E-state index in [9.17, 15) is 0 Å². The predicted octanol–water partition coefficient (Wildman–Crippen LogP) is 4.66. The van der Waals surface area contributed by atoms with Crippen LogP contribution in [0, 0.1) is 0 Å². The minimum absolute atomic E-state index is 0.495. The lowest BCUT2D eigenvalue weighted by atomic mass is 10.00. The Hall–Kier alpha value is -2.06. The van der Waals surface area contributed by atoms with Crippen molar-refractivity contribution in [3.8, 4) is 22.5 Å². The number of aromatic nitrogens is 1. The van der Waals surface area contributed by atoms with E-state index in [1.165, 1.54) is 0 Å². The summed E-state index contributed by atoms with van der Waals surface area (Å²) in [6, 6.07) is 15.6. The Morgan fingerprint density at radius 1 is 0.889 bits per heavy atom. The fourth-order valence-electron chi connectivity index (χ4n) is 1.92. The highest BCUT2D eigenvalue weighted by atomic mass is 35.5. The topological polar surface area (TPSA) is 26.0 Å². The van der Waals surface area contributed by atoms with Crippen LogP contribution in [0.2, 0.25) is 5.15 Å². The Morgan fingerprint density at radius 2 is 1.72 bits per heavy atom. The van der Waals surface area contributed by atoms with E-state index in [-0.39, 0.29) is 0 Å². The van der Waals surface area contributed by atoms with Gasteiger partial charge in [0.25, 0.3) is 0 Å². The third-order valence-electron chi connectivity index (χ3n) is 2.75. The molecule has 0 unspecified atom stereocenters. The first kappa shape index (κ1) is 11.1. The van der Waals surface area contributed by atoms with Crippen molar-refractivity contribution in [3.05, 3.63) is 66.1 Å². The Balaban J connectivity index is 2.15. The molecule has 0 N–H and O–H groups in total. The Morgan fingerprint density at radius 3 is 2.39 bits per heavy atom. The molecule has 2 nitrogen and oxygen atoms in total. The maximum Gasteiger partial charge on any atom is 0.134 e. The number of furan rings is 1. The molecule has 3 rings (SSSR count). The molecule has 0 fully saturated rings. The highest BCUT2D eigenvalue weighted by Gasteiger charge is 2.08. The van der Waals surface area contributed by atoms with Crippen molar-refractivity contribution in [3.63, 3.8) is 0 Å². The van der Waals surface area contributed by atoms with Crippen molar-refractivity contribution in [2.45, 2.75) is 0 Å². The van der Waals surface area contributed by atoms with Gasteiger partial charge in [-0.25, -0.2) is 4.98 Å². The van der Waals surface area contributed by atoms with E-state index in [1.807, 2.05) is 42.5 Å². The van der Waals surface area contributed by atoms with Crippen LogP contribution in [-0.2, 0) is 0 Å². The van der Waals surface area contributed by atoms with E-state index in [4.69, 9.17) is 16.0 Å². The molecule has 3 heteroatoms. The van der Waals surface area contributed by atoms with Gasteiger partial charge in [0.05, 0.1) is 6.26 Å². The van der Waals surface area contributed by atoms with Gasteiger partial charge in [-0.15, -0.1) is 0 Å². The van der Waals surface area contributed by atoms with Crippen molar-refractivity contribution in [1.82, 2.24) is 4.98 Å². The molecule has 0 atom stereocenters. The number of pyridine rings is 1. The summed E-state index contributed by atoms with van der Waals surface area (Å²) < 4.78 is 5.46. The second kappa shape index (κ2) is 4.67. The molecule has 0 saturated heterocycles. The van der Waals surface area contributed by atoms with Gasteiger partial charge in [0.15, 0.2) is 0 Å². The molecule has 0 aliphatic carbocycles. The summed E-state index contributed by atoms with van der Waals surface area (Å²) >= 11 is 5.81. The largest absolute Gasteiger partial charge is 0.464 e. The van der Waals surface area contributed by atoms with Gasteiger partial charge in [0, 0.05) is 17.3 Å². The smallest absolute Gasteiger partial charge is 0.134 e. The SMILES string of the molecule is Clc1ccc(-c2ccccc2-c2ccco2)cn1. The summed E-state index contributed by atoms with van der Waals surface area (Å²) in [5.41, 5.74) is 3.15. The zero-order valence-electron chi connectivity index (χ0n) is 9.51. The van der Waals surface area contributed by atoms with Crippen molar-refractivity contribution in [1.29, 1.82) is 0 Å². The van der Waals surface area contributed by atoms with Gasteiger partial charge in [-0.2, -0.15) is 0 Å². The molecule has 0 aliphatic heterocycles. The molecule has 0 radical (unpaired) electrons. The molecule has 2 heterocycles. The van der Waals surface area contributed by atoms with Crippen LogP contribution < -0.4 is 0 Å². The third kappa shape index (κ3) is 2.03. The minimum Gasteiger partial charge on any atom is -0.464 e. The first-order valence-electron chi connectivity index (χ1n) is 5.59. The van der Waals surface area contributed by atoms with Gasteiger partial charge in [-0.3, -0.25) is 0 Å². The van der Waals surface area contributed by atoms with Gasteiger partial charge >= 0.3 is 0 Å². The summed E-state index contributed by atoms with van der Waals surface area (Å²) in [6.07, 6.45) is 3.44. The van der Waals surface area contributed by atoms with Gasteiger partial charge in [-0.05, 0) is 29.8 Å². The lowest BCUT2D eigenvalue weighted by Gasteiger charge is -2.07. The van der Waals surface area contributed by atoms with Crippen LogP contribution in [0.15, 0.2) is 65.4 Å². The van der Waals surface area contributed by atoms with E-state index < -0.39 is 0 Å². The van der Waals surface area contributed by atoms with E-state index >= 15 is 0 Å². The molecular formula is C15H10ClNO. The number of halogens is 1. The van der Waals surface area contributed by atoms with Crippen molar-refractivity contribution < 1.29 is 4.42 Å². The molecule has 3 aromatic rings. The summed E-state index contributed by atoms with van der Waals surface area (Å²) in [7, 11) is 0. The van der Waals surface area contributed by atoms with Gasteiger partial charge < -0.3 is 4.42 Å². The maximum atomic E-state index is 5.81. The zero-order chi connectivity index (χ0) is 12.4. The molecule has 2 aromatic heterocycles. The molecule has 0 spiro atoms. The van der Waals surface area contributed by atoms with Crippen LogP contribution in [-0.4, -0.2) is 4.98 Å². The van der Waals surface area contributed by atoms with Crippen LogP contribution in [0.25, 0.3) is 22.5 Å². The number of rotatable bonds is 2. The minimum atomic E-state index is 0.495. The average molecular weight is 256 g/mol. The molecule has 0 aliphatic rings. The zero-order valence-corrected chi connectivity index (χ0v) is 10.3. The highest BCUT2D eigenvalue weighted by molar-refractivity contribution is 6.29.